The Morgan fingerprint density at radius 1 is 1.26 bits per heavy atom. The van der Waals surface area contributed by atoms with Crippen LogP contribution in [0.5, 0.6) is 0 Å². The number of carbonyl (C=O) groups excluding carboxylic acids is 2. The molecular weight excluding hydrogens is 358 g/mol. The van der Waals surface area contributed by atoms with E-state index in [1.807, 2.05) is 30.3 Å². The summed E-state index contributed by atoms with van der Waals surface area (Å²) in [5, 5.41) is 3.51. The Kier molecular flexibility index (Phi) is 6.45. The van der Waals surface area contributed by atoms with Crippen molar-refractivity contribution in [2.75, 3.05) is 11.9 Å². The molecule has 1 aliphatic rings. The van der Waals surface area contributed by atoms with Gasteiger partial charge in [-0.15, -0.1) is 11.3 Å². The Morgan fingerprint density at radius 3 is 2.74 bits per heavy atom. The zero-order valence-corrected chi connectivity index (χ0v) is 16.6. The van der Waals surface area contributed by atoms with Crippen LogP contribution in [0.3, 0.4) is 0 Å². The highest BCUT2D eigenvalue weighted by molar-refractivity contribution is 7.17. The number of ether oxygens (including phenoxy) is 1. The molecule has 0 aliphatic heterocycles. The number of carbonyl (C=O) groups is 2. The largest absolute Gasteiger partial charge is 0.462 e. The smallest absolute Gasteiger partial charge is 0.341 e. The molecule has 4 nitrogen and oxygen atoms in total. The van der Waals surface area contributed by atoms with Crippen LogP contribution in [-0.4, -0.2) is 18.5 Å². The third-order valence-corrected chi connectivity index (χ3v) is 6.06. The average Bonchev–Trinajstić information content (AvgIpc) is 3.04. The Bertz CT molecular complexity index is 839. The monoisotopic (exact) mass is 383 g/mol. The first-order chi connectivity index (χ1) is 13.1. The van der Waals surface area contributed by atoms with Crippen molar-refractivity contribution in [2.45, 2.75) is 39.5 Å². The maximum absolute atomic E-state index is 12.5. The molecule has 5 heteroatoms. The van der Waals surface area contributed by atoms with Crippen LogP contribution in [0, 0.1) is 5.92 Å². The summed E-state index contributed by atoms with van der Waals surface area (Å²) < 4.78 is 5.26. The minimum atomic E-state index is -0.340. The van der Waals surface area contributed by atoms with Gasteiger partial charge in [0.25, 0.3) is 0 Å². The van der Waals surface area contributed by atoms with Gasteiger partial charge in [0, 0.05) is 11.0 Å². The van der Waals surface area contributed by atoms with Gasteiger partial charge in [-0.05, 0) is 49.3 Å². The lowest BCUT2D eigenvalue weighted by Gasteiger charge is -2.20. The van der Waals surface area contributed by atoms with E-state index in [2.05, 4.69) is 12.2 Å². The maximum Gasteiger partial charge on any atom is 0.341 e. The van der Waals surface area contributed by atoms with E-state index in [1.165, 1.54) is 22.3 Å². The molecule has 142 valence electrons. The molecule has 1 N–H and O–H groups in total. The number of esters is 1. The second-order valence-electron chi connectivity index (χ2n) is 6.68. The van der Waals surface area contributed by atoms with E-state index >= 15 is 0 Å². The summed E-state index contributed by atoms with van der Waals surface area (Å²) in [7, 11) is 0. The van der Waals surface area contributed by atoms with Gasteiger partial charge in [-0.25, -0.2) is 4.79 Å². The van der Waals surface area contributed by atoms with E-state index in [1.54, 1.807) is 13.0 Å². The van der Waals surface area contributed by atoms with Crippen molar-refractivity contribution in [3.05, 3.63) is 58.0 Å². The number of fused-ring (bicyclic) bond motifs is 1. The van der Waals surface area contributed by atoms with Gasteiger partial charge in [0.1, 0.15) is 5.00 Å². The molecule has 1 unspecified atom stereocenters. The number of amides is 1. The molecule has 1 heterocycles. The number of nitrogens with one attached hydrogen (secondary N) is 1. The fourth-order valence-electron chi connectivity index (χ4n) is 3.40. The highest BCUT2D eigenvalue weighted by Gasteiger charge is 2.29. The van der Waals surface area contributed by atoms with E-state index in [9.17, 15) is 9.59 Å². The average molecular weight is 384 g/mol. The summed E-state index contributed by atoms with van der Waals surface area (Å²) in [5.74, 6) is 0.0649. The van der Waals surface area contributed by atoms with Gasteiger partial charge in [0.15, 0.2) is 0 Å². The van der Waals surface area contributed by atoms with Crippen molar-refractivity contribution in [3.63, 3.8) is 0 Å². The van der Waals surface area contributed by atoms with Crippen LogP contribution in [0.15, 0.2) is 36.4 Å². The minimum Gasteiger partial charge on any atom is -0.462 e. The van der Waals surface area contributed by atoms with Crippen LogP contribution in [-0.2, 0) is 22.4 Å². The van der Waals surface area contributed by atoms with Crippen molar-refractivity contribution in [3.8, 4) is 0 Å². The van der Waals surface area contributed by atoms with Crippen molar-refractivity contribution >= 4 is 34.3 Å². The van der Waals surface area contributed by atoms with E-state index in [-0.39, 0.29) is 11.9 Å². The summed E-state index contributed by atoms with van der Waals surface area (Å²) in [6.07, 6.45) is 7.31. The highest BCUT2D eigenvalue weighted by Crippen LogP contribution is 2.40. The Labute approximate surface area is 164 Å². The van der Waals surface area contributed by atoms with Crippen LogP contribution >= 0.6 is 11.3 Å². The third kappa shape index (κ3) is 4.66. The zero-order chi connectivity index (χ0) is 19.2. The Morgan fingerprint density at radius 2 is 2.04 bits per heavy atom. The number of anilines is 1. The lowest BCUT2D eigenvalue weighted by atomic mass is 9.85. The second-order valence-corrected chi connectivity index (χ2v) is 7.78. The van der Waals surface area contributed by atoms with Gasteiger partial charge in [0.2, 0.25) is 5.91 Å². The van der Waals surface area contributed by atoms with Crippen molar-refractivity contribution < 1.29 is 14.3 Å². The molecule has 1 aliphatic carbocycles. The van der Waals surface area contributed by atoms with Crippen LogP contribution < -0.4 is 5.32 Å². The number of hydrogen-bond donors (Lipinski definition) is 1. The summed E-state index contributed by atoms with van der Waals surface area (Å²) in [6, 6.07) is 9.65. The quantitative estimate of drug-likeness (QED) is 0.558. The predicted octanol–water partition coefficient (Wildman–Crippen LogP) is 5.09. The SMILES string of the molecule is CCOC(=O)c1c(NC(=O)C=Cc2ccccc2)sc2c1CCC(CC)C2. The molecule has 0 saturated heterocycles. The van der Waals surface area contributed by atoms with Crippen LogP contribution in [0.25, 0.3) is 6.08 Å². The number of rotatable bonds is 6. The highest BCUT2D eigenvalue weighted by atomic mass is 32.1. The Balaban J connectivity index is 1.83. The normalized spacial score (nSPS) is 16.1. The van der Waals surface area contributed by atoms with E-state index < -0.39 is 0 Å². The predicted molar refractivity (Wildman–Crippen MR) is 110 cm³/mol. The van der Waals surface area contributed by atoms with Gasteiger partial charge >= 0.3 is 5.97 Å². The lowest BCUT2D eigenvalue weighted by molar-refractivity contribution is -0.111. The van der Waals surface area contributed by atoms with E-state index in [4.69, 9.17) is 4.74 Å². The van der Waals surface area contributed by atoms with Crippen molar-refractivity contribution in [2.24, 2.45) is 5.92 Å². The minimum absolute atomic E-state index is 0.241. The number of hydrogen-bond acceptors (Lipinski definition) is 4. The molecule has 1 amide bonds. The van der Waals surface area contributed by atoms with Gasteiger partial charge in [0.05, 0.1) is 12.2 Å². The van der Waals surface area contributed by atoms with Gasteiger partial charge in [-0.2, -0.15) is 0 Å². The first-order valence-corrected chi connectivity index (χ1v) is 10.3. The maximum atomic E-state index is 12.5. The zero-order valence-electron chi connectivity index (χ0n) is 15.8. The molecule has 0 radical (unpaired) electrons. The summed E-state index contributed by atoms with van der Waals surface area (Å²) in [5.41, 5.74) is 2.56. The molecular formula is C22H25NO3S. The molecule has 1 aromatic heterocycles. The standard InChI is InChI=1S/C22H25NO3S/c1-3-15-10-12-17-18(14-15)27-21(20(17)22(25)26-4-2)23-19(24)13-11-16-8-6-5-7-9-16/h5-9,11,13,15H,3-4,10,12,14H2,1-2H3,(H,23,24). The lowest BCUT2D eigenvalue weighted by Crippen LogP contribution is -2.16. The van der Waals surface area contributed by atoms with Gasteiger partial charge < -0.3 is 10.1 Å². The number of benzene rings is 1. The summed E-state index contributed by atoms with van der Waals surface area (Å²) >= 11 is 1.52. The molecule has 2 aromatic rings. The molecule has 27 heavy (non-hydrogen) atoms. The third-order valence-electron chi connectivity index (χ3n) is 4.89. The van der Waals surface area contributed by atoms with Crippen LogP contribution in [0.2, 0.25) is 0 Å². The first kappa shape index (κ1) is 19.4. The summed E-state index contributed by atoms with van der Waals surface area (Å²) in [6.45, 7) is 4.32. The van der Waals surface area contributed by atoms with E-state index in [0.29, 0.717) is 23.1 Å². The molecule has 1 atom stereocenters. The first-order valence-electron chi connectivity index (χ1n) is 9.48. The van der Waals surface area contributed by atoms with Gasteiger partial charge in [-0.1, -0.05) is 43.7 Å². The number of thiophene rings is 1. The topological polar surface area (TPSA) is 55.4 Å². The van der Waals surface area contributed by atoms with Gasteiger partial charge in [-0.3, -0.25) is 4.79 Å². The molecule has 0 spiro atoms. The second kappa shape index (κ2) is 9.00. The summed E-state index contributed by atoms with van der Waals surface area (Å²) in [4.78, 5) is 26.1. The van der Waals surface area contributed by atoms with Crippen LogP contribution in [0.1, 0.15) is 53.1 Å². The molecule has 3 rings (SSSR count). The molecule has 0 fully saturated rings. The van der Waals surface area contributed by atoms with Crippen molar-refractivity contribution in [1.29, 1.82) is 0 Å². The van der Waals surface area contributed by atoms with Crippen LogP contribution in [0.4, 0.5) is 5.00 Å². The fraction of sp³-hybridized carbons (Fsp3) is 0.364. The van der Waals surface area contributed by atoms with E-state index in [0.717, 1.165) is 36.8 Å². The molecule has 0 bridgehead atoms. The molecule has 1 aromatic carbocycles. The fourth-order valence-corrected chi connectivity index (χ4v) is 4.75. The molecule has 0 saturated carbocycles. The Hall–Kier alpha value is -2.40. The van der Waals surface area contributed by atoms with Crippen molar-refractivity contribution in [1.82, 2.24) is 0 Å².